The number of methoxy groups -OCH3 is 1. The lowest BCUT2D eigenvalue weighted by molar-refractivity contribution is -0.119. The Morgan fingerprint density at radius 2 is 1.79 bits per heavy atom. The lowest BCUT2D eigenvalue weighted by atomic mass is 9.91. The zero-order chi connectivity index (χ0) is 19.5. The normalized spacial score (nSPS) is 18.6. The summed E-state index contributed by atoms with van der Waals surface area (Å²) >= 11 is 0. The van der Waals surface area contributed by atoms with Gasteiger partial charge in [0.15, 0.2) is 0 Å². The second kappa shape index (κ2) is 7.84. The van der Waals surface area contributed by atoms with Crippen molar-refractivity contribution in [2.45, 2.75) is 38.3 Å². The Morgan fingerprint density at radius 1 is 1.07 bits per heavy atom. The number of rotatable bonds is 5. The van der Waals surface area contributed by atoms with Gasteiger partial charge in [-0.1, -0.05) is 49.4 Å². The SMILES string of the molecule is CCCC(=O)N1c2ncnn2[C@@H](c2ccc(OC)cc2)C[C@@H]1c1ccccc1. The average molecular weight is 376 g/mol. The van der Waals surface area contributed by atoms with Gasteiger partial charge in [0.05, 0.1) is 19.2 Å². The van der Waals surface area contributed by atoms with Crippen molar-refractivity contribution >= 4 is 11.9 Å². The van der Waals surface area contributed by atoms with E-state index in [1.165, 1.54) is 6.33 Å². The summed E-state index contributed by atoms with van der Waals surface area (Å²) in [6.07, 6.45) is 3.56. The molecule has 0 saturated heterocycles. The molecule has 0 N–H and O–H groups in total. The third-order valence-corrected chi connectivity index (χ3v) is 5.24. The van der Waals surface area contributed by atoms with Gasteiger partial charge in [0, 0.05) is 6.42 Å². The smallest absolute Gasteiger partial charge is 0.231 e. The van der Waals surface area contributed by atoms with Crippen LogP contribution in [0.3, 0.4) is 0 Å². The van der Waals surface area contributed by atoms with E-state index in [-0.39, 0.29) is 18.0 Å². The Bertz CT molecular complexity index is 937. The van der Waals surface area contributed by atoms with Gasteiger partial charge in [0.25, 0.3) is 0 Å². The highest BCUT2D eigenvalue weighted by molar-refractivity contribution is 5.92. The number of amides is 1. The Balaban J connectivity index is 1.79. The zero-order valence-electron chi connectivity index (χ0n) is 16.2. The fourth-order valence-electron chi connectivity index (χ4n) is 3.88. The first-order chi connectivity index (χ1) is 13.7. The van der Waals surface area contributed by atoms with Crippen LogP contribution in [0.2, 0.25) is 0 Å². The van der Waals surface area contributed by atoms with E-state index in [1.807, 2.05) is 46.8 Å². The lowest BCUT2D eigenvalue weighted by Crippen LogP contribution is -2.42. The zero-order valence-corrected chi connectivity index (χ0v) is 16.2. The number of benzene rings is 2. The number of hydrogen-bond donors (Lipinski definition) is 0. The predicted molar refractivity (Wildman–Crippen MR) is 107 cm³/mol. The van der Waals surface area contributed by atoms with Gasteiger partial charge in [-0.3, -0.25) is 9.69 Å². The van der Waals surface area contributed by atoms with Crippen LogP contribution in [0.4, 0.5) is 5.95 Å². The molecule has 0 saturated carbocycles. The first kappa shape index (κ1) is 18.2. The summed E-state index contributed by atoms with van der Waals surface area (Å²) in [6, 6.07) is 18.1. The highest BCUT2D eigenvalue weighted by atomic mass is 16.5. The summed E-state index contributed by atoms with van der Waals surface area (Å²) in [5.74, 6) is 1.51. The van der Waals surface area contributed by atoms with Gasteiger partial charge in [-0.05, 0) is 36.1 Å². The molecule has 1 aliphatic rings. The van der Waals surface area contributed by atoms with Crippen LogP contribution in [0.5, 0.6) is 5.75 Å². The number of fused-ring (bicyclic) bond motifs is 1. The van der Waals surface area contributed by atoms with E-state index in [0.717, 1.165) is 29.7 Å². The van der Waals surface area contributed by atoms with E-state index in [4.69, 9.17) is 4.74 Å². The minimum absolute atomic E-state index is 0.000659. The summed E-state index contributed by atoms with van der Waals surface area (Å²) in [4.78, 5) is 19.3. The monoisotopic (exact) mass is 376 g/mol. The quantitative estimate of drug-likeness (QED) is 0.671. The van der Waals surface area contributed by atoms with Crippen LogP contribution in [0.1, 0.15) is 49.4 Å². The fourth-order valence-corrected chi connectivity index (χ4v) is 3.88. The number of carbonyl (C=O) groups is 1. The maximum atomic E-state index is 13.0. The Morgan fingerprint density at radius 3 is 2.46 bits per heavy atom. The summed E-state index contributed by atoms with van der Waals surface area (Å²) < 4.78 is 7.16. The molecule has 2 atom stereocenters. The van der Waals surface area contributed by atoms with E-state index in [9.17, 15) is 4.79 Å². The van der Waals surface area contributed by atoms with E-state index in [0.29, 0.717) is 12.4 Å². The van der Waals surface area contributed by atoms with Crippen LogP contribution < -0.4 is 9.64 Å². The van der Waals surface area contributed by atoms with Crippen molar-refractivity contribution in [3.8, 4) is 5.75 Å². The molecule has 2 aromatic carbocycles. The third-order valence-electron chi connectivity index (χ3n) is 5.24. The van der Waals surface area contributed by atoms with Crippen molar-refractivity contribution in [1.82, 2.24) is 14.8 Å². The molecule has 0 bridgehead atoms. The highest BCUT2D eigenvalue weighted by Crippen LogP contribution is 2.42. The minimum Gasteiger partial charge on any atom is -0.497 e. The van der Waals surface area contributed by atoms with Crippen LogP contribution in [0.25, 0.3) is 0 Å². The summed E-state index contributed by atoms with van der Waals surface area (Å²) in [7, 11) is 1.66. The van der Waals surface area contributed by atoms with E-state index >= 15 is 0 Å². The van der Waals surface area contributed by atoms with Crippen molar-refractivity contribution in [1.29, 1.82) is 0 Å². The summed E-state index contributed by atoms with van der Waals surface area (Å²) in [6.45, 7) is 2.02. The summed E-state index contributed by atoms with van der Waals surface area (Å²) in [5.41, 5.74) is 2.23. The van der Waals surface area contributed by atoms with Crippen molar-refractivity contribution < 1.29 is 9.53 Å². The highest BCUT2D eigenvalue weighted by Gasteiger charge is 2.38. The second-order valence-electron chi connectivity index (χ2n) is 6.97. The predicted octanol–water partition coefficient (Wildman–Crippen LogP) is 4.15. The number of anilines is 1. The van der Waals surface area contributed by atoms with Crippen LogP contribution in [0, 0.1) is 0 Å². The topological polar surface area (TPSA) is 60.2 Å². The molecule has 1 aliphatic heterocycles. The van der Waals surface area contributed by atoms with Crippen LogP contribution in [-0.4, -0.2) is 27.8 Å². The van der Waals surface area contributed by atoms with Gasteiger partial charge in [0.2, 0.25) is 11.9 Å². The molecule has 6 nitrogen and oxygen atoms in total. The molecule has 0 spiro atoms. The molecular weight excluding hydrogens is 352 g/mol. The van der Waals surface area contributed by atoms with Gasteiger partial charge in [-0.15, -0.1) is 0 Å². The summed E-state index contributed by atoms with van der Waals surface area (Å²) in [5, 5.41) is 4.46. The average Bonchev–Trinajstić information content (AvgIpc) is 3.23. The van der Waals surface area contributed by atoms with Crippen molar-refractivity contribution in [2.24, 2.45) is 0 Å². The number of nitrogens with zero attached hydrogens (tertiary/aromatic N) is 4. The molecule has 6 heteroatoms. The fraction of sp³-hybridized carbons (Fsp3) is 0.318. The Hall–Kier alpha value is -3.15. The molecule has 0 fully saturated rings. The van der Waals surface area contributed by atoms with Crippen LogP contribution in [0.15, 0.2) is 60.9 Å². The van der Waals surface area contributed by atoms with Crippen LogP contribution >= 0.6 is 0 Å². The van der Waals surface area contributed by atoms with Gasteiger partial charge in [0.1, 0.15) is 12.1 Å². The molecule has 144 valence electrons. The Kier molecular flexibility index (Phi) is 5.10. The maximum Gasteiger partial charge on any atom is 0.231 e. The van der Waals surface area contributed by atoms with Crippen molar-refractivity contribution in [3.05, 3.63) is 72.1 Å². The van der Waals surface area contributed by atoms with E-state index in [1.54, 1.807) is 7.11 Å². The largest absolute Gasteiger partial charge is 0.497 e. The van der Waals surface area contributed by atoms with Crippen molar-refractivity contribution in [2.75, 3.05) is 12.0 Å². The first-order valence-electron chi connectivity index (χ1n) is 9.63. The number of ether oxygens (including phenoxy) is 1. The number of aromatic nitrogens is 3. The van der Waals surface area contributed by atoms with Gasteiger partial charge in [-0.25, -0.2) is 4.68 Å². The molecule has 2 heterocycles. The number of carbonyl (C=O) groups excluding carboxylic acids is 1. The lowest BCUT2D eigenvalue weighted by Gasteiger charge is -2.39. The Labute approximate surface area is 164 Å². The maximum absolute atomic E-state index is 13.0. The number of hydrogen-bond acceptors (Lipinski definition) is 4. The molecule has 1 amide bonds. The van der Waals surface area contributed by atoms with Crippen molar-refractivity contribution in [3.63, 3.8) is 0 Å². The molecule has 1 aromatic heterocycles. The molecule has 28 heavy (non-hydrogen) atoms. The standard InChI is InChI=1S/C22H24N4O2/c1-3-7-21(27)25-19(16-8-5-4-6-9-16)14-20(26-22(25)23-15-24-26)17-10-12-18(28-2)13-11-17/h4-6,8-13,15,19-20H,3,7,14H2,1-2H3/t19-,20-/m1/s1. The molecule has 0 unspecified atom stereocenters. The van der Waals surface area contributed by atoms with Gasteiger partial charge >= 0.3 is 0 Å². The van der Waals surface area contributed by atoms with E-state index < -0.39 is 0 Å². The van der Waals surface area contributed by atoms with Gasteiger partial charge in [-0.2, -0.15) is 10.1 Å². The van der Waals surface area contributed by atoms with Gasteiger partial charge < -0.3 is 4.74 Å². The molecular formula is C22H24N4O2. The van der Waals surface area contributed by atoms with Crippen LogP contribution in [-0.2, 0) is 4.79 Å². The minimum atomic E-state index is -0.0796. The molecule has 4 rings (SSSR count). The first-order valence-corrected chi connectivity index (χ1v) is 9.63. The molecule has 0 radical (unpaired) electrons. The van der Waals surface area contributed by atoms with E-state index in [2.05, 4.69) is 34.3 Å². The molecule has 0 aliphatic carbocycles. The second-order valence-corrected chi connectivity index (χ2v) is 6.97. The third kappa shape index (κ3) is 3.26. The molecule has 3 aromatic rings.